The van der Waals surface area contributed by atoms with E-state index >= 15 is 0 Å². The van der Waals surface area contributed by atoms with Crippen molar-refractivity contribution in [2.45, 2.75) is 95.9 Å². The smallest absolute Gasteiger partial charge is 0.0719 e. The summed E-state index contributed by atoms with van der Waals surface area (Å²) in [4.78, 5) is 2.74. The summed E-state index contributed by atoms with van der Waals surface area (Å²) in [6.07, 6.45) is 18.4. The first kappa shape index (κ1) is 14.6. The molecular weight excluding hydrogens is 234 g/mol. The Bertz CT molecular complexity index is 216. The summed E-state index contributed by atoms with van der Waals surface area (Å²) in [6.45, 7) is 7.31. The Morgan fingerprint density at radius 1 is 0.722 bits per heavy atom. The highest BCUT2D eigenvalue weighted by atomic mass is 28.3. The van der Waals surface area contributed by atoms with Gasteiger partial charge in [0.2, 0.25) is 0 Å². The molecule has 0 saturated heterocycles. The van der Waals surface area contributed by atoms with Gasteiger partial charge in [-0.3, -0.25) is 4.90 Å². The fraction of sp³-hybridized carbons (Fsp3) is 0.938. The zero-order valence-corrected chi connectivity index (χ0v) is 13.7. The van der Waals surface area contributed by atoms with Gasteiger partial charge in [0, 0.05) is 18.3 Å². The summed E-state index contributed by atoms with van der Waals surface area (Å²) in [5.74, 6) is 0. The molecule has 0 atom stereocenters. The Morgan fingerprint density at radius 2 is 1.11 bits per heavy atom. The maximum Gasteiger partial charge on any atom is 0.0719 e. The zero-order valence-electron chi connectivity index (χ0n) is 12.7. The van der Waals surface area contributed by atoms with Crippen LogP contribution in [0.25, 0.3) is 0 Å². The van der Waals surface area contributed by atoms with E-state index in [9.17, 15) is 0 Å². The number of hydrogen-bond donors (Lipinski definition) is 0. The predicted molar refractivity (Wildman–Crippen MR) is 82.2 cm³/mol. The van der Waals surface area contributed by atoms with Crippen molar-refractivity contribution in [1.82, 2.24) is 4.90 Å². The van der Waals surface area contributed by atoms with Crippen LogP contribution in [0.4, 0.5) is 0 Å². The molecule has 0 unspecified atom stereocenters. The Morgan fingerprint density at radius 3 is 1.44 bits per heavy atom. The van der Waals surface area contributed by atoms with Crippen LogP contribution in [-0.2, 0) is 0 Å². The van der Waals surface area contributed by atoms with Gasteiger partial charge in [0.05, 0.1) is 8.07 Å². The van der Waals surface area contributed by atoms with Crippen molar-refractivity contribution in [2.24, 2.45) is 0 Å². The van der Waals surface area contributed by atoms with E-state index in [0.29, 0.717) is 0 Å². The maximum atomic E-state index is 3.97. The van der Waals surface area contributed by atoms with Crippen LogP contribution in [0.2, 0.25) is 19.6 Å². The molecule has 0 aromatic carbocycles. The Labute approximate surface area is 115 Å². The van der Waals surface area contributed by atoms with Gasteiger partial charge in [-0.15, -0.1) is 0 Å². The molecule has 104 valence electrons. The first-order valence-electron chi connectivity index (χ1n) is 8.12. The normalized spacial score (nSPS) is 24.7. The quantitative estimate of drug-likeness (QED) is 0.518. The molecule has 0 spiro atoms. The monoisotopic (exact) mass is 265 g/mol. The minimum absolute atomic E-state index is 0.827. The highest BCUT2D eigenvalue weighted by molar-refractivity contribution is 6.79. The molecule has 1 nitrogen and oxygen atoms in total. The molecule has 2 heteroatoms. The van der Waals surface area contributed by atoms with Crippen LogP contribution in [0.5, 0.6) is 0 Å². The molecule has 0 aromatic rings. The van der Waals surface area contributed by atoms with Gasteiger partial charge in [-0.05, 0) is 25.7 Å². The van der Waals surface area contributed by atoms with Crippen LogP contribution in [0.1, 0.15) is 64.2 Å². The molecule has 2 aliphatic carbocycles. The lowest BCUT2D eigenvalue weighted by molar-refractivity contribution is 0.122. The van der Waals surface area contributed by atoms with E-state index in [1.807, 2.05) is 0 Å². The molecule has 0 amide bonds. The van der Waals surface area contributed by atoms with Gasteiger partial charge >= 0.3 is 0 Å². The topological polar surface area (TPSA) is 3.24 Å². The molecule has 2 radical (unpaired) electrons. The summed E-state index contributed by atoms with van der Waals surface area (Å²) in [5.41, 5.74) is 0. The van der Waals surface area contributed by atoms with Crippen LogP contribution in [0.15, 0.2) is 0 Å². The molecule has 2 aliphatic rings. The standard InChI is InChI=1S/C16H31NSi/c1-18(2,3)14-17(15-10-6-4-7-11-15)16-12-8-5-9-13-16/h15-16H,4-13H2,1-3H3. The van der Waals surface area contributed by atoms with Crippen molar-refractivity contribution in [3.05, 3.63) is 6.17 Å². The van der Waals surface area contributed by atoms with Gasteiger partial charge in [-0.25, -0.2) is 0 Å². The highest BCUT2D eigenvalue weighted by Gasteiger charge is 2.32. The minimum Gasteiger partial charge on any atom is -0.291 e. The van der Waals surface area contributed by atoms with E-state index in [-0.39, 0.29) is 0 Å². The van der Waals surface area contributed by atoms with Gasteiger partial charge in [0.15, 0.2) is 0 Å². The Kier molecular flexibility index (Phi) is 5.31. The number of hydrogen-bond acceptors (Lipinski definition) is 1. The van der Waals surface area contributed by atoms with Gasteiger partial charge in [0.25, 0.3) is 0 Å². The summed E-state index contributed by atoms with van der Waals surface area (Å²) in [7, 11) is -1.21. The van der Waals surface area contributed by atoms with E-state index in [1.165, 1.54) is 64.2 Å². The zero-order chi connectivity index (χ0) is 13.0. The van der Waals surface area contributed by atoms with Crippen LogP contribution >= 0.6 is 0 Å². The van der Waals surface area contributed by atoms with Crippen molar-refractivity contribution in [3.63, 3.8) is 0 Å². The van der Waals surface area contributed by atoms with Gasteiger partial charge < -0.3 is 0 Å². The van der Waals surface area contributed by atoms with E-state index in [1.54, 1.807) is 0 Å². The van der Waals surface area contributed by atoms with E-state index < -0.39 is 8.07 Å². The third-order valence-electron chi connectivity index (χ3n) is 4.40. The van der Waals surface area contributed by atoms with Crippen LogP contribution < -0.4 is 0 Å². The molecule has 0 aliphatic heterocycles. The molecule has 0 bridgehead atoms. The summed E-state index contributed by atoms with van der Waals surface area (Å²) in [6, 6.07) is 1.65. The molecule has 0 heterocycles. The summed E-state index contributed by atoms with van der Waals surface area (Å²) < 4.78 is 0. The maximum absolute atomic E-state index is 3.97. The molecule has 2 rings (SSSR count). The lowest BCUT2D eigenvalue weighted by Gasteiger charge is -2.43. The van der Waals surface area contributed by atoms with Crippen molar-refractivity contribution in [2.75, 3.05) is 0 Å². The van der Waals surface area contributed by atoms with E-state index in [4.69, 9.17) is 0 Å². The second-order valence-corrected chi connectivity index (χ2v) is 12.1. The average Bonchev–Trinajstić information content (AvgIpc) is 2.37. The largest absolute Gasteiger partial charge is 0.291 e. The molecule has 0 aromatic heterocycles. The van der Waals surface area contributed by atoms with Crippen LogP contribution in [0.3, 0.4) is 0 Å². The number of nitrogens with zero attached hydrogens (tertiary/aromatic N) is 1. The second-order valence-electron chi connectivity index (χ2n) is 7.35. The molecule has 2 saturated carbocycles. The van der Waals surface area contributed by atoms with Crippen LogP contribution in [-0.4, -0.2) is 25.1 Å². The first-order chi connectivity index (χ1) is 8.56. The Balaban J connectivity index is 2.00. The van der Waals surface area contributed by atoms with E-state index in [0.717, 1.165) is 12.1 Å². The van der Waals surface area contributed by atoms with Crippen molar-refractivity contribution in [3.8, 4) is 0 Å². The fourth-order valence-electron chi connectivity index (χ4n) is 3.59. The second kappa shape index (κ2) is 6.56. The van der Waals surface area contributed by atoms with Crippen LogP contribution in [0, 0.1) is 6.17 Å². The lowest BCUT2D eigenvalue weighted by atomic mass is 9.89. The summed E-state index contributed by atoms with van der Waals surface area (Å²) in [5, 5.41) is 0. The van der Waals surface area contributed by atoms with Gasteiger partial charge in [-0.2, -0.15) is 0 Å². The molecule has 2 fully saturated rings. The summed E-state index contributed by atoms with van der Waals surface area (Å²) >= 11 is 0. The molecular formula is C16H31NSi. The molecule has 18 heavy (non-hydrogen) atoms. The van der Waals surface area contributed by atoms with Gasteiger partial charge in [-0.1, -0.05) is 58.2 Å². The Hall–Kier alpha value is 0.177. The predicted octanol–water partition coefficient (Wildman–Crippen LogP) is 4.87. The van der Waals surface area contributed by atoms with Gasteiger partial charge in [0.1, 0.15) is 0 Å². The third kappa shape index (κ3) is 4.38. The van der Waals surface area contributed by atoms with Crippen molar-refractivity contribution >= 4 is 8.07 Å². The van der Waals surface area contributed by atoms with Crippen molar-refractivity contribution in [1.29, 1.82) is 0 Å². The van der Waals surface area contributed by atoms with Crippen molar-refractivity contribution < 1.29 is 0 Å². The minimum atomic E-state index is -1.21. The fourth-order valence-corrected chi connectivity index (χ4v) is 4.73. The number of rotatable bonds is 4. The first-order valence-corrected chi connectivity index (χ1v) is 11.6. The lowest BCUT2D eigenvalue weighted by Crippen LogP contribution is -2.48. The third-order valence-corrected chi connectivity index (χ3v) is 5.33. The van der Waals surface area contributed by atoms with E-state index in [2.05, 4.69) is 30.7 Å². The SMILES string of the molecule is C[Si](C)(C)[C]N(C1CCCCC1)C1CCCCC1. The molecule has 0 N–H and O–H groups in total. The average molecular weight is 266 g/mol. The highest BCUT2D eigenvalue weighted by Crippen LogP contribution is 2.32.